The summed E-state index contributed by atoms with van der Waals surface area (Å²) in [6.07, 6.45) is 5.84. The smallest absolute Gasteiger partial charge is 0.0866 e. The average molecular weight is 210 g/mol. The van der Waals surface area contributed by atoms with Crippen molar-refractivity contribution in [2.24, 2.45) is 11.8 Å². The molecule has 0 aromatic heterocycles. The monoisotopic (exact) mass is 210 g/mol. The first-order valence-corrected chi connectivity index (χ1v) is 6.92. The zero-order chi connectivity index (χ0) is 11.1. The number of quaternary nitrogens is 1. The Morgan fingerprint density at radius 2 is 1.13 bits per heavy atom. The molecule has 1 nitrogen and oxygen atoms in total. The van der Waals surface area contributed by atoms with E-state index in [1.54, 1.807) is 0 Å². The molecule has 88 valence electrons. The molecule has 0 aromatic carbocycles. The van der Waals surface area contributed by atoms with E-state index in [4.69, 9.17) is 0 Å². The first-order chi connectivity index (χ1) is 7.06. The minimum absolute atomic E-state index is 0.905. The van der Waals surface area contributed by atoms with Crippen LogP contribution in [0.4, 0.5) is 0 Å². The van der Waals surface area contributed by atoms with Crippen LogP contribution in [0.1, 0.15) is 53.4 Å². The van der Waals surface area contributed by atoms with Crippen molar-refractivity contribution in [3.05, 3.63) is 0 Å². The number of rotatable bonds is 0. The Morgan fingerprint density at radius 3 is 1.53 bits per heavy atom. The fraction of sp³-hybridized carbons (Fsp3) is 1.00. The number of hydrogen-bond acceptors (Lipinski definition) is 0. The lowest BCUT2D eigenvalue weighted by atomic mass is 9.89. The summed E-state index contributed by atoms with van der Waals surface area (Å²) in [5.74, 6) is 1.86. The van der Waals surface area contributed by atoms with E-state index >= 15 is 0 Å². The average Bonchev–Trinajstić information content (AvgIpc) is 2.64. The van der Waals surface area contributed by atoms with Gasteiger partial charge in [0, 0.05) is 25.7 Å². The first kappa shape index (κ1) is 11.4. The van der Waals surface area contributed by atoms with Gasteiger partial charge in [-0.1, -0.05) is 13.8 Å². The van der Waals surface area contributed by atoms with Gasteiger partial charge in [0.2, 0.25) is 0 Å². The summed E-state index contributed by atoms with van der Waals surface area (Å²) in [4.78, 5) is 0. The van der Waals surface area contributed by atoms with Crippen LogP contribution < -0.4 is 0 Å². The van der Waals surface area contributed by atoms with Crippen molar-refractivity contribution in [2.75, 3.05) is 13.1 Å². The maximum absolute atomic E-state index is 2.51. The van der Waals surface area contributed by atoms with Crippen LogP contribution in [0.15, 0.2) is 0 Å². The van der Waals surface area contributed by atoms with Gasteiger partial charge >= 0.3 is 0 Å². The standard InChI is InChI=1S/C14H28N/c1-11-9-13(3)15(7-5-6-8-15)14(4)10-12(11)2/h11-14H,5-10H2,1-4H3/q+1. The van der Waals surface area contributed by atoms with Gasteiger partial charge in [-0.3, -0.25) is 0 Å². The van der Waals surface area contributed by atoms with Crippen molar-refractivity contribution in [1.82, 2.24) is 0 Å². The van der Waals surface area contributed by atoms with Crippen molar-refractivity contribution < 1.29 is 4.48 Å². The van der Waals surface area contributed by atoms with Gasteiger partial charge in [-0.25, -0.2) is 0 Å². The summed E-state index contributed by atoms with van der Waals surface area (Å²) in [6, 6.07) is 1.81. The van der Waals surface area contributed by atoms with Gasteiger partial charge < -0.3 is 4.48 Å². The maximum Gasteiger partial charge on any atom is 0.0866 e. The second-order valence-corrected chi connectivity index (χ2v) is 6.38. The summed E-state index contributed by atoms with van der Waals surface area (Å²) in [6.45, 7) is 12.9. The summed E-state index contributed by atoms with van der Waals surface area (Å²) in [5.41, 5.74) is 0. The Labute approximate surface area is 95.4 Å². The van der Waals surface area contributed by atoms with Gasteiger partial charge in [0.25, 0.3) is 0 Å². The van der Waals surface area contributed by atoms with Crippen LogP contribution in [0, 0.1) is 11.8 Å². The molecular weight excluding hydrogens is 182 g/mol. The molecular formula is C14H28N+. The third-order valence-corrected chi connectivity index (χ3v) is 5.55. The van der Waals surface area contributed by atoms with Crippen LogP contribution in [0.5, 0.6) is 0 Å². The molecule has 4 atom stereocenters. The Kier molecular flexibility index (Phi) is 3.12. The zero-order valence-electron chi connectivity index (χ0n) is 11.0. The molecule has 0 aliphatic carbocycles. The van der Waals surface area contributed by atoms with Gasteiger partial charge in [-0.2, -0.15) is 0 Å². The van der Waals surface area contributed by atoms with Gasteiger partial charge in [0.05, 0.1) is 25.2 Å². The highest BCUT2D eigenvalue weighted by atomic mass is 15.4. The van der Waals surface area contributed by atoms with Crippen molar-refractivity contribution in [2.45, 2.75) is 65.5 Å². The summed E-state index contributed by atoms with van der Waals surface area (Å²) >= 11 is 0. The van der Waals surface area contributed by atoms with Crippen molar-refractivity contribution in [3.8, 4) is 0 Å². The molecule has 1 spiro atoms. The van der Waals surface area contributed by atoms with Crippen molar-refractivity contribution in [1.29, 1.82) is 0 Å². The van der Waals surface area contributed by atoms with Gasteiger partial charge in [0.1, 0.15) is 0 Å². The summed E-state index contributed by atoms with van der Waals surface area (Å²) in [7, 11) is 0. The van der Waals surface area contributed by atoms with E-state index in [-0.39, 0.29) is 0 Å². The second kappa shape index (κ2) is 4.08. The summed E-state index contributed by atoms with van der Waals surface area (Å²) in [5, 5.41) is 0. The zero-order valence-corrected chi connectivity index (χ0v) is 11.0. The number of nitrogens with zero attached hydrogens (tertiary/aromatic N) is 1. The molecule has 0 N–H and O–H groups in total. The van der Waals surface area contributed by atoms with Crippen LogP contribution in [0.3, 0.4) is 0 Å². The Bertz CT molecular complexity index is 199. The molecule has 2 aliphatic heterocycles. The van der Waals surface area contributed by atoms with E-state index < -0.39 is 0 Å². The Morgan fingerprint density at radius 1 is 0.733 bits per heavy atom. The molecule has 15 heavy (non-hydrogen) atoms. The van der Waals surface area contributed by atoms with Gasteiger partial charge in [0.15, 0.2) is 0 Å². The molecule has 4 unspecified atom stereocenters. The molecule has 1 heteroatoms. The third kappa shape index (κ3) is 1.84. The Hall–Kier alpha value is -0.0400. The van der Waals surface area contributed by atoms with Crippen LogP contribution in [-0.2, 0) is 0 Å². The highest BCUT2D eigenvalue weighted by molar-refractivity contribution is 4.77. The van der Waals surface area contributed by atoms with Crippen LogP contribution in [0.25, 0.3) is 0 Å². The molecule has 0 aromatic rings. The molecule has 2 heterocycles. The fourth-order valence-corrected chi connectivity index (χ4v) is 4.20. The quantitative estimate of drug-likeness (QED) is 0.537. The normalized spacial score (nSPS) is 45.6. The topological polar surface area (TPSA) is 0 Å². The predicted molar refractivity (Wildman–Crippen MR) is 65.7 cm³/mol. The van der Waals surface area contributed by atoms with E-state index in [1.165, 1.54) is 43.3 Å². The largest absolute Gasteiger partial charge is 0.319 e. The maximum atomic E-state index is 2.51. The molecule has 2 fully saturated rings. The molecule has 2 aliphatic rings. The number of hydrogen-bond donors (Lipinski definition) is 0. The highest BCUT2D eigenvalue weighted by Crippen LogP contribution is 2.39. The fourth-order valence-electron chi connectivity index (χ4n) is 4.20. The second-order valence-electron chi connectivity index (χ2n) is 6.38. The molecule has 0 amide bonds. The minimum atomic E-state index is 0.905. The Balaban J connectivity index is 2.21. The SMILES string of the molecule is CC1CC(C)[N+]2(CCCC2)C(C)CC1C. The lowest BCUT2D eigenvalue weighted by Gasteiger charge is -2.44. The van der Waals surface area contributed by atoms with Crippen LogP contribution in [-0.4, -0.2) is 29.7 Å². The third-order valence-electron chi connectivity index (χ3n) is 5.55. The lowest BCUT2D eigenvalue weighted by Crippen LogP contribution is -2.56. The minimum Gasteiger partial charge on any atom is -0.319 e. The van der Waals surface area contributed by atoms with Gasteiger partial charge in [-0.05, 0) is 25.7 Å². The highest BCUT2D eigenvalue weighted by Gasteiger charge is 2.45. The van der Waals surface area contributed by atoms with E-state index in [0.29, 0.717) is 0 Å². The van der Waals surface area contributed by atoms with E-state index in [9.17, 15) is 0 Å². The van der Waals surface area contributed by atoms with Crippen molar-refractivity contribution in [3.63, 3.8) is 0 Å². The van der Waals surface area contributed by atoms with Gasteiger partial charge in [-0.15, -0.1) is 0 Å². The van der Waals surface area contributed by atoms with Crippen LogP contribution >= 0.6 is 0 Å². The molecule has 2 rings (SSSR count). The summed E-state index contributed by atoms with van der Waals surface area (Å²) < 4.78 is 1.45. The van der Waals surface area contributed by atoms with E-state index in [2.05, 4.69) is 27.7 Å². The van der Waals surface area contributed by atoms with Crippen LogP contribution in [0.2, 0.25) is 0 Å². The van der Waals surface area contributed by atoms with E-state index in [0.717, 1.165) is 23.9 Å². The van der Waals surface area contributed by atoms with Crippen molar-refractivity contribution >= 4 is 0 Å². The molecule has 0 bridgehead atoms. The first-order valence-electron chi connectivity index (χ1n) is 6.92. The lowest BCUT2D eigenvalue weighted by molar-refractivity contribution is -0.959. The van der Waals surface area contributed by atoms with E-state index in [1.807, 2.05) is 0 Å². The predicted octanol–water partition coefficient (Wildman–Crippen LogP) is 3.44. The molecule has 2 saturated heterocycles. The molecule has 0 saturated carbocycles. The molecule has 0 radical (unpaired) electrons.